The molecule has 0 aliphatic rings. The number of nitrogens with zero attached hydrogens (tertiary/aromatic N) is 2. The van der Waals surface area contributed by atoms with Crippen LogP contribution in [-0.4, -0.2) is 21.0 Å². The average molecular weight is 310 g/mol. The summed E-state index contributed by atoms with van der Waals surface area (Å²) < 4.78 is 5.10. The topological polar surface area (TPSA) is 101 Å². The smallest absolute Gasteiger partial charge is 0.261 e. The number of carbonyl (C=O) groups excluding carboxylic acids is 1. The van der Waals surface area contributed by atoms with Crippen LogP contribution in [0.1, 0.15) is 27.6 Å². The minimum Gasteiger partial charge on any atom is -0.339 e. The van der Waals surface area contributed by atoms with Gasteiger partial charge in [0.2, 0.25) is 5.89 Å². The quantitative estimate of drug-likeness (QED) is 0.766. The Kier molecular flexibility index (Phi) is 4.01. The molecule has 23 heavy (non-hydrogen) atoms. The lowest BCUT2D eigenvalue weighted by atomic mass is 10.1. The number of rotatable bonds is 4. The van der Waals surface area contributed by atoms with Crippen LogP contribution < -0.4 is 10.9 Å². The van der Waals surface area contributed by atoms with Crippen molar-refractivity contribution in [3.8, 4) is 0 Å². The van der Waals surface area contributed by atoms with Crippen LogP contribution in [-0.2, 0) is 6.42 Å². The van der Waals surface area contributed by atoms with Crippen molar-refractivity contribution in [2.75, 3.05) is 5.32 Å². The molecule has 7 nitrogen and oxygen atoms in total. The number of anilines is 1. The van der Waals surface area contributed by atoms with Crippen LogP contribution in [0.3, 0.4) is 0 Å². The third-order valence-corrected chi connectivity index (χ3v) is 3.24. The molecular weight excluding hydrogens is 296 g/mol. The first kappa shape index (κ1) is 14.7. The molecule has 7 heteroatoms. The number of hydrogen-bond acceptors (Lipinski definition) is 5. The van der Waals surface area contributed by atoms with Crippen LogP contribution in [0.5, 0.6) is 0 Å². The van der Waals surface area contributed by atoms with Crippen molar-refractivity contribution < 1.29 is 9.32 Å². The van der Waals surface area contributed by atoms with Crippen molar-refractivity contribution >= 4 is 11.6 Å². The van der Waals surface area contributed by atoms with Gasteiger partial charge in [-0.05, 0) is 30.7 Å². The van der Waals surface area contributed by atoms with E-state index in [-0.39, 0.29) is 5.56 Å². The van der Waals surface area contributed by atoms with Crippen molar-refractivity contribution in [3.05, 3.63) is 75.8 Å². The average Bonchev–Trinajstić information content (AvgIpc) is 2.95. The molecule has 0 fully saturated rings. The molecule has 0 saturated carbocycles. The Morgan fingerprint density at radius 1 is 1.26 bits per heavy atom. The predicted molar refractivity (Wildman–Crippen MR) is 83.3 cm³/mol. The van der Waals surface area contributed by atoms with Gasteiger partial charge >= 0.3 is 0 Å². The zero-order valence-electron chi connectivity index (χ0n) is 12.4. The minimum absolute atomic E-state index is 0.0518. The second kappa shape index (κ2) is 6.27. The van der Waals surface area contributed by atoms with Gasteiger partial charge in [-0.1, -0.05) is 23.4 Å². The molecule has 3 aromatic rings. The van der Waals surface area contributed by atoms with Crippen molar-refractivity contribution in [3.63, 3.8) is 0 Å². The summed E-state index contributed by atoms with van der Waals surface area (Å²) >= 11 is 0. The van der Waals surface area contributed by atoms with Crippen molar-refractivity contribution in [2.45, 2.75) is 13.3 Å². The lowest BCUT2D eigenvalue weighted by Crippen LogP contribution is -2.23. The molecular formula is C16H14N4O3. The first-order valence-corrected chi connectivity index (χ1v) is 6.99. The standard InChI is InChI=1S/C16H14N4O3/c1-10-18-14(23-20-10)9-11-5-2-3-7-13(11)19-16(22)12-6-4-8-17-15(12)21/h2-8H,9H2,1H3,(H,17,21)(H,19,22). The summed E-state index contributed by atoms with van der Waals surface area (Å²) in [5, 5.41) is 6.49. The van der Waals surface area contributed by atoms with E-state index in [1.54, 1.807) is 25.1 Å². The first-order chi connectivity index (χ1) is 11.1. The monoisotopic (exact) mass is 310 g/mol. The number of aromatic nitrogens is 3. The van der Waals surface area contributed by atoms with Crippen LogP contribution in [0.2, 0.25) is 0 Å². The summed E-state index contributed by atoms with van der Waals surface area (Å²) in [6.45, 7) is 1.74. The van der Waals surface area contributed by atoms with Gasteiger partial charge in [-0.25, -0.2) is 0 Å². The van der Waals surface area contributed by atoms with Crippen molar-refractivity contribution in [2.24, 2.45) is 0 Å². The summed E-state index contributed by atoms with van der Waals surface area (Å²) in [5.74, 6) is 0.542. The summed E-state index contributed by atoms with van der Waals surface area (Å²) in [6.07, 6.45) is 1.87. The van der Waals surface area contributed by atoms with Crippen molar-refractivity contribution in [1.29, 1.82) is 0 Å². The number of para-hydroxylation sites is 1. The molecule has 0 aliphatic carbocycles. The van der Waals surface area contributed by atoms with Gasteiger partial charge in [-0.2, -0.15) is 4.98 Å². The second-order valence-corrected chi connectivity index (χ2v) is 4.94. The second-order valence-electron chi connectivity index (χ2n) is 4.94. The van der Waals surface area contributed by atoms with E-state index >= 15 is 0 Å². The van der Waals surface area contributed by atoms with E-state index < -0.39 is 11.5 Å². The van der Waals surface area contributed by atoms with Crippen molar-refractivity contribution in [1.82, 2.24) is 15.1 Å². The van der Waals surface area contributed by atoms with Crippen LogP contribution in [0.25, 0.3) is 0 Å². The number of aryl methyl sites for hydroxylation is 1. The normalized spacial score (nSPS) is 10.5. The molecule has 0 aliphatic heterocycles. The Morgan fingerprint density at radius 3 is 2.83 bits per heavy atom. The Hall–Kier alpha value is -3.22. The Morgan fingerprint density at radius 2 is 2.09 bits per heavy atom. The van der Waals surface area contributed by atoms with Crippen LogP contribution in [0.4, 0.5) is 5.69 Å². The molecule has 1 aromatic carbocycles. The lowest BCUT2D eigenvalue weighted by molar-refractivity contribution is 0.102. The molecule has 1 amide bonds. The molecule has 2 heterocycles. The van der Waals surface area contributed by atoms with Gasteiger partial charge in [0.25, 0.3) is 11.5 Å². The lowest BCUT2D eigenvalue weighted by Gasteiger charge is -2.09. The first-order valence-electron chi connectivity index (χ1n) is 6.99. The molecule has 0 spiro atoms. The molecule has 0 unspecified atom stereocenters. The maximum atomic E-state index is 12.3. The van der Waals surface area contributed by atoms with E-state index in [1.807, 2.05) is 12.1 Å². The van der Waals surface area contributed by atoms with E-state index in [0.717, 1.165) is 5.56 Å². The number of H-pyrrole nitrogens is 1. The summed E-state index contributed by atoms with van der Waals surface area (Å²) in [5.41, 5.74) is 1.03. The number of nitrogens with one attached hydrogen (secondary N) is 2. The fourth-order valence-corrected chi connectivity index (χ4v) is 2.16. The number of benzene rings is 1. The third-order valence-electron chi connectivity index (χ3n) is 3.24. The van der Waals surface area contributed by atoms with Gasteiger partial charge in [-0.15, -0.1) is 0 Å². The number of amides is 1. The minimum atomic E-state index is -0.471. The highest BCUT2D eigenvalue weighted by Gasteiger charge is 2.13. The Bertz CT molecular complexity index is 898. The fourth-order valence-electron chi connectivity index (χ4n) is 2.16. The highest BCUT2D eigenvalue weighted by molar-refractivity contribution is 6.04. The number of hydrogen-bond donors (Lipinski definition) is 2. The molecule has 3 rings (SSSR count). The van der Waals surface area contributed by atoms with E-state index in [2.05, 4.69) is 20.4 Å². The van der Waals surface area contributed by atoms with E-state index in [9.17, 15) is 9.59 Å². The van der Waals surface area contributed by atoms with Gasteiger partial charge in [0, 0.05) is 11.9 Å². The van der Waals surface area contributed by atoms with Crippen LogP contribution >= 0.6 is 0 Å². The van der Waals surface area contributed by atoms with E-state index in [1.165, 1.54) is 12.3 Å². The summed E-state index contributed by atoms with van der Waals surface area (Å²) in [6, 6.07) is 10.3. The van der Waals surface area contributed by atoms with Gasteiger partial charge < -0.3 is 14.8 Å². The number of carbonyl (C=O) groups is 1. The molecule has 2 aromatic heterocycles. The molecule has 2 N–H and O–H groups in total. The maximum absolute atomic E-state index is 12.3. The Labute approximate surface area is 131 Å². The van der Waals surface area contributed by atoms with Crippen LogP contribution in [0.15, 0.2) is 51.9 Å². The number of pyridine rings is 1. The molecule has 0 radical (unpaired) electrons. The molecule has 116 valence electrons. The Balaban J connectivity index is 1.85. The van der Waals surface area contributed by atoms with Gasteiger partial charge in [0.1, 0.15) is 5.56 Å². The zero-order chi connectivity index (χ0) is 16.2. The van der Waals surface area contributed by atoms with E-state index in [0.29, 0.717) is 23.8 Å². The fraction of sp³-hybridized carbons (Fsp3) is 0.125. The summed E-state index contributed by atoms with van der Waals surface area (Å²) in [7, 11) is 0. The largest absolute Gasteiger partial charge is 0.339 e. The zero-order valence-corrected chi connectivity index (χ0v) is 12.4. The van der Waals surface area contributed by atoms with Gasteiger partial charge in [0.05, 0.1) is 6.42 Å². The molecule has 0 saturated heterocycles. The summed E-state index contributed by atoms with van der Waals surface area (Å²) in [4.78, 5) is 30.6. The van der Waals surface area contributed by atoms with Gasteiger partial charge in [-0.3, -0.25) is 9.59 Å². The van der Waals surface area contributed by atoms with Crippen LogP contribution in [0, 0.1) is 6.92 Å². The van der Waals surface area contributed by atoms with E-state index in [4.69, 9.17) is 4.52 Å². The third kappa shape index (κ3) is 3.34. The molecule has 0 atom stereocenters. The van der Waals surface area contributed by atoms with Gasteiger partial charge in [0.15, 0.2) is 5.82 Å². The highest BCUT2D eigenvalue weighted by atomic mass is 16.5. The predicted octanol–water partition coefficient (Wildman–Crippen LogP) is 1.91. The molecule has 0 bridgehead atoms. The SMILES string of the molecule is Cc1noc(Cc2ccccc2NC(=O)c2ccc[nH]c2=O)n1. The maximum Gasteiger partial charge on any atom is 0.261 e. The number of aromatic amines is 1. The highest BCUT2D eigenvalue weighted by Crippen LogP contribution is 2.19.